The Balaban J connectivity index is 1.12. The van der Waals surface area contributed by atoms with E-state index in [0.29, 0.717) is 69.7 Å². The Kier molecular flexibility index (Phi) is 15.5. The van der Waals surface area contributed by atoms with Crippen LogP contribution in [0.15, 0.2) is 9.98 Å². The van der Waals surface area contributed by atoms with E-state index in [2.05, 4.69) is 55.7 Å². The number of halogens is 2. The molecule has 0 spiro atoms. The van der Waals surface area contributed by atoms with Gasteiger partial charge >= 0.3 is 0 Å². The zero-order chi connectivity index (χ0) is 43.5. The van der Waals surface area contributed by atoms with Gasteiger partial charge in [0.25, 0.3) is 11.8 Å². The first-order valence-corrected chi connectivity index (χ1v) is 21.6. The lowest BCUT2D eigenvalue weighted by atomic mass is 9.98. The van der Waals surface area contributed by atoms with Crippen molar-refractivity contribution in [2.24, 2.45) is 21.5 Å². The van der Waals surface area contributed by atoms with Crippen molar-refractivity contribution < 1.29 is 9.59 Å². The smallest absolute Gasteiger partial charge is 0.280 e. The fraction of sp³-hybridized carbons (Fsp3) is 0.595. The molecule has 1 saturated carbocycles. The maximum atomic E-state index is 12.8. The van der Waals surface area contributed by atoms with Crippen LogP contribution >= 0.6 is 23.2 Å². The minimum atomic E-state index is -0.697. The normalized spacial score (nSPS) is 18.5. The summed E-state index contributed by atoms with van der Waals surface area (Å²) in [5, 5.41) is 8.45. The number of aromatic nitrogens is 7. The van der Waals surface area contributed by atoms with Gasteiger partial charge in [-0.05, 0) is 38.5 Å². The van der Waals surface area contributed by atoms with Crippen LogP contribution in [0, 0.1) is 0 Å². The summed E-state index contributed by atoms with van der Waals surface area (Å²) in [5.41, 5.74) is 34.8. The summed E-state index contributed by atoms with van der Waals surface area (Å²) in [7, 11) is 0. The molecule has 1 aliphatic carbocycles. The van der Waals surface area contributed by atoms with Crippen molar-refractivity contribution >= 4 is 88.1 Å². The number of piperidine rings is 2. The number of nitrogens with one attached hydrogen (secondary N) is 3. The lowest BCUT2D eigenvalue weighted by Crippen LogP contribution is -2.42. The van der Waals surface area contributed by atoms with Crippen molar-refractivity contribution in [2.45, 2.75) is 114 Å². The van der Waals surface area contributed by atoms with Gasteiger partial charge in [-0.3, -0.25) is 20.2 Å². The molecule has 0 unspecified atom stereocenters. The number of guanidine groups is 2. The first kappa shape index (κ1) is 44.8. The molecule has 0 bridgehead atoms. The van der Waals surface area contributed by atoms with Gasteiger partial charge in [-0.15, -0.1) is 0 Å². The highest BCUT2D eigenvalue weighted by Gasteiger charge is 2.27. The monoisotopic (exact) mass is 882 g/mol. The molecular formula is C37H56Cl2N20O2. The predicted molar refractivity (Wildman–Crippen MR) is 238 cm³/mol. The Morgan fingerprint density at radius 2 is 0.902 bits per heavy atom. The molecule has 6 rings (SSSR count). The molecule has 3 fully saturated rings. The van der Waals surface area contributed by atoms with Gasteiger partial charge in [0.2, 0.25) is 17.8 Å². The summed E-state index contributed by atoms with van der Waals surface area (Å²) in [6.45, 7) is 2.37. The second kappa shape index (κ2) is 21.2. The van der Waals surface area contributed by atoms with E-state index in [9.17, 15) is 9.59 Å². The third kappa shape index (κ3) is 12.6. The molecule has 330 valence electrons. The zero-order valence-electron chi connectivity index (χ0n) is 34.1. The standard InChI is InChI=1S/C37H56Cl2N20O2/c38-25-29(42)51-27(40)23(49-25)31(60)53-33(44)46-21-12-16-58(17-13-21)36-55-35(48-20-10-8-6-4-2-1-3-5-7-9-11-20)56-37(57-36)59-18-14-22(15-19-59)47-34(45)54-32(61)24-28(41)52-30(43)26(39)50-24/h20-22H,1-19H2,(H4,40,42,51)(H4,41,43,52)(H3,44,46,53,60)(H3,45,47,54,61)(H,48,55,56,57). The van der Waals surface area contributed by atoms with Crippen LogP contribution in [0.4, 0.5) is 41.1 Å². The van der Waals surface area contributed by atoms with Gasteiger partial charge in [0.15, 0.2) is 56.9 Å². The number of hydrogen-bond acceptors (Lipinski definition) is 18. The van der Waals surface area contributed by atoms with Crippen LogP contribution in [0.1, 0.15) is 117 Å². The van der Waals surface area contributed by atoms with Crippen LogP contribution in [0.3, 0.4) is 0 Å². The summed E-state index contributed by atoms with van der Waals surface area (Å²) >= 11 is 11.9. The molecule has 3 aromatic heterocycles. The molecule has 0 atom stereocenters. The topological polar surface area (TPSA) is 348 Å². The average molecular weight is 884 g/mol. The third-order valence-corrected chi connectivity index (χ3v) is 11.5. The zero-order valence-corrected chi connectivity index (χ0v) is 35.6. The number of nitrogens with two attached hydrogens (primary N) is 6. The lowest BCUT2D eigenvalue weighted by molar-refractivity contribution is 0.0963. The number of carbonyl (C=O) groups is 2. The van der Waals surface area contributed by atoms with Gasteiger partial charge in [0.05, 0.1) is 12.1 Å². The van der Waals surface area contributed by atoms with Crippen molar-refractivity contribution in [3.63, 3.8) is 0 Å². The largest absolute Gasteiger partial charge is 0.382 e. The number of carbonyl (C=O) groups excluding carboxylic acids is 2. The van der Waals surface area contributed by atoms with Crippen LogP contribution in [-0.2, 0) is 0 Å². The van der Waals surface area contributed by atoms with Crippen molar-refractivity contribution in [1.82, 2.24) is 45.5 Å². The van der Waals surface area contributed by atoms with E-state index in [1.807, 2.05) is 0 Å². The highest BCUT2D eigenvalue weighted by molar-refractivity contribution is 6.32. The van der Waals surface area contributed by atoms with E-state index < -0.39 is 11.8 Å². The Morgan fingerprint density at radius 3 is 1.30 bits per heavy atom. The fourth-order valence-corrected chi connectivity index (χ4v) is 7.86. The Labute approximate surface area is 363 Å². The number of aliphatic imine (C=N–C) groups is 2. The lowest BCUT2D eigenvalue weighted by Gasteiger charge is -2.33. The molecule has 0 radical (unpaired) electrons. The minimum absolute atomic E-state index is 0.0776. The number of rotatable bonds is 8. The van der Waals surface area contributed by atoms with Crippen molar-refractivity contribution in [3.8, 4) is 0 Å². The Bertz CT molecular complexity index is 1930. The first-order valence-electron chi connectivity index (χ1n) is 20.8. The molecule has 2 amide bonds. The molecule has 3 aromatic rings. The summed E-state index contributed by atoms with van der Waals surface area (Å²) in [6.07, 6.45) is 15.8. The average Bonchev–Trinajstić information content (AvgIpc) is 3.22. The molecule has 0 aromatic carbocycles. The third-order valence-electron chi connectivity index (χ3n) is 10.9. The number of nitrogens with zero attached hydrogens (tertiary/aromatic N) is 11. The SMILES string of the molecule is NC(=NC1CCN(c2nc(NC3CCCCCCCCCCC3)nc(N3CCC(N=C(N)NC(=O)c4nc(Cl)c(N)nc4N)CC3)n2)CC1)NC(=O)c1nc(Cl)c(N)nc1N. The van der Waals surface area contributed by atoms with Crippen LogP contribution in [0.5, 0.6) is 0 Å². The highest BCUT2D eigenvalue weighted by Crippen LogP contribution is 2.27. The van der Waals surface area contributed by atoms with E-state index in [0.717, 1.165) is 25.7 Å². The van der Waals surface area contributed by atoms with Crippen molar-refractivity contribution in [3.05, 3.63) is 21.7 Å². The molecule has 22 nitrogen and oxygen atoms in total. The molecule has 24 heteroatoms. The summed E-state index contributed by atoms with van der Waals surface area (Å²) in [4.78, 5) is 69.4. The van der Waals surface area contributed by atoms with Gasteiger partial charge in [0, 0.05) is 32.2 Å². The molecule has 5 heterocycles. The molecular weight excluding hydrogens is 827 g/mol. The predicted octanol–water partition coefficient (Wildman–Crippen LogP) is 2.60. The van der Waals surface area contributed by atoms with Gasteiger partial charge in [0.1, 0.15) is 0 Å². The quantitative estimate of drug-likeness (QED) is 0.116. The molecule has 2 aliphatic heterocycles. The van der Waals surface area contributed by atoms with Gasteiger partial charge in [-0.1, -0.05) is 81.0 Å². The van der Waals surface area contributed by atoms with Crippen molar-refractivity contribution in [1.29, 1.82) is 0 Å². The molecule has 2 saturated heterocycles. The van der Waals surface area contributed by atoms with Crippen LogP contribution in [0.25, 0.3) is 0 Å². The van der Waals surface area contributed by atoms with Gasteiger partial charge in [-0.25, -0.2) is 29.9 Å². The van der Waals surface area contributed by atoms with Crippen LogP contribution < -0.4 is 60.2 Å². The summed E-state index contributed by atoms with van der Waals surface area (Å²) < 4.78 is 0. The first-order chi connectivity index (χ1) is 29.3. The van der Waals surface area contributed by atoms with E-state index in [-0.39, 0.29) is 75.0 Å². The maximum Gasteiger partial charge on any atom is 0.280 e. The van der Waals surface area contributed by atoms with E-state index in [1.165, 1.54) is 44.9 Å². The number of anilines is 7. The fourth-order valence-electron chi connectivity index (χ4n) is 7.61. The van der Waals surface area contributed by atoms with Gasteiger partial charge in [-0.2, -0.15) is 15.0 Å². The number of hydrogen-bond donors (Lipinski definition) is 9. The molecule has 3 aliphatic rings. The van der Waals surface area contributed by atoms with E-state index in [1.54, 1.807) is 0 Å². The maximum absolute atomic E-state index is 12.8. The van der Waals surface area contributed by atoms with Crippen molar-refractivity contribution in [2.75, 3.05) is 64.2 Å². The Hall–Kier alpha value is -5.77. The van der Waals surface area contributed by atoms with Crippen LogP contribution in [0.2, 0.25) is 10.3 Å². The van der Waals surface area contributed by atoms with E-state index >= 15 is 0 Å². The highest BCUT2D eigenvalue weighted by atomic mass is 35.5. The molecule has 15 N–H and O–H groups in total. The number of nitrogen functional groups attached to an aromatic ring is 4. The minimum Gasteiger partial charge on any atom is -0.382 e. The van der Waals surface area contributed by atoms with E-state index in [4.69, 9.17) is 72.6 Å². The Morgan fingerprint density at radius 1 is 0.525 bits per heavy atom. The summed E-state index contributed by atoms with van der Waals surface area (Å²) in [6, 6.07) is -0.0942. The second-order valence-corrected chi connectivity index (χ2v) is 16.2. The van der Waals surface area contributed by atoms with Crippen LogP contribution in [-0.4, -0.2) is 103 Å². The number of amides is 2. The molecule has 61 heavy (non-hydrogen) atoms. The second-order valence-electron chi connectivity index (χ2n) is 15.5. The van der Waals surface area contributed by atoms with Gasteiger partial charge < -0.3 is 49.5 Å². The summed E-state index contributed by atoms with van der Waals surface area (Å²) in [5.74, 6) is -0.390.